The van der Waals surface area contributed by atoms with Crippen LogP contribution in [0.1, 0.15) is 19.3 Å². The lowest BCUT2D eigenvalue weighted by atomic mass is 10.2. The summed E-state index contributed by atoms with van der Waals surface area (Å²) in [6.07, 6.45) is 1.92. The Balaban J connectivity index is 0.000000277. The second kappa shape index (κ2) is 10.5. The smallest absolute Gasteiger partial charge is 0.226 e. The van der Waals surface area contributed by atoms with Crippen molar-refractivity contribution in [1.82, 2.24) is 0 Å². The Morgan fingerprint density at radius 1 is 0.957 bits per heavy atom. The van der Waals surface area contributed by atoms with Crippen LogP contribution in [0.25, 0.3) is 0 Å². The van der Waals surface area contributed by atoms with Crippen LogP contribution in [0, 0.1) is 11.6 Å². The Bertz CT molecular complexity index is 570. The zero-order valence-electron chi connectivity index (χ0n) is 13.1. The van der Waals surface area contributed by atoms with Gasteiger partial charge in [-0.3, -0.25) is 4.79 Å². The Morgan fingerprint density at radius 2 is 1.48 bits per heavy atom. The Morgan fingerprint density at radius 3 is 1.96 bits per heavy atom. The molecule has 124 valence electrons. The first-order valence-corrected chi connectivity index (χ1v) is 7.38. The van der Waals surface area contributed by atoms with E-state index in [0.717, 1.165) is 24.2 Å². The highest BCUT2D eigenvalue weighted by molar-refractivity contribution is 5.92. The standard InChI is InChI=1S/C12H17NO2.C6H4F2/c1-13(11-7-3-2-4-8-11)12(15)9-5-6-10-14;7-5-3-1-2-4-6(5)8/h2-4,7-8,14H,5-6,9-10H2,1H3;1-4H. The van der Waals surface area contributed by atoms with E-state index in [1.165, 1.54) is 12.1 Å². The monoisotopic (exact) mass is 321 g/mol. The molecule has 0 fully saturated rings. The maximum Gasteiger partial charge on any atom is 0.226 e. The minimum absolute atomic E-state index is 0.0923. The Labute approximate surface area is 135 Å². The van der Waals surface area contributed by atoms with Gasteiger partial charge >= 0.3 is 0 Å². The molecule has 0 saturated carbocycles. The molecule has 0 aliphatic carbocycles. The zero-order valence-corrected chi connectivity index (χ0v) is 13.1. The number of amides is 1. The molecule has 0 heterocycles. The Kier molecular flexibility index (Phi) is 8.54. The molecule has 0 aromatic heterocycles. The molecule has 0 saturated heterocycles. The average molecular weight is 321 g/mol. The van der Waals surface area contributed by atoms with E-state index >= 15 is 0 Å². The van der Waals surface area contributed by atoms with Gasteiger partial charge in [0.1, 0.15) is 0 Å². The molecule has 0 aliphatic rings. The van der Waals surface area contributed by atoms with Crippen molar-refractivity contribution in [3.63, 3.8) is 0 Å². The number of halogens is 2. The molecule has 0 radical (unpaired) electrons. The summed E-state index contributed by atoms with van der Waals surface area (Å²) in [6.45, 7) is 0.155. The van der Waals surface area contributed by atoms with Gasteiger partial charge in [-0.15, -0.1) is 0 Å². The molecule has 0 atom stereocenters. The van der Waals surface area contributed by atoms with Crippen molar-refractivity contribution in [3.05, 3.63) is 66.2 Å². The van der Waals surface area contributed by atoms with Crippen LogP contribution >= 0.6 is 0 Å². The molecule has 0 aliphatic heterocycles. The third kappa shape index (κ3) is 7.02. The Hall–Kier alpha value is -2.27. The highest BCUT2D eigenvalue weighted by atomic mass is 19.2. The predicted molar refractivity (Wildman–Crippen MR) is 87.1 cm³/mol. The number of hydrogen-bond acceptors (Lipinski definition) is 2. The minimum atomic E-state index is -0.799. The molecule has 0 unspecified atom stereocenters. The maximum atomic E-state index is 11.9. The van der Waals surface area contributed by atoms with Gasteiger partial charge in [0.25, 0.3) is 0 Å². The number of carbonyl (C=O) groups excluding carboxylic acids is 1. The fourth-order valence-electron chi connectivity index (χ4n) is 1.79. The number of carbonyl (C=O) groups is 1. The highest BCUT2D eigenvalue weighted by Crippen LogP contribution is 2.12. The molecule has 2 aromatic carbocycles. The molecule has 3 nitrogen and oxygen atoms in total. The first kappa shape index (κ1) is 18.8. The molecule has 2 rings (SSSR count). The van der Waals surface area contributed by atoms with Crippen LogP contribution in [0.2, 0.25) is 0 Å². The summed E-state index contributed by atoms with van der Waals surface area (Å²) in [7, 11) is 1.77. The van der Waals surface area contributed by atoms with Crippen molar-refractivity contribution in [2.75, 3.05) is 18.6 Å². The lowest BCUT2D eigenvalue weighted by Gasteiger charge is -2.16. The average Bonchev–Trinajstić information content (AvgIpc) is 2.58. The number of nitrogens with zero attached hydrogens (tertiary/aromatic N) is 1. The van der Waals surface area contributed by atoms with Gasteiger partial charge in [-0.05, 0) is 37.1 Å². The number of aliphatic hydroxyl groups excluding tert-OH is 1. The third-order valence-electron chi connectivity index (χ3n) is 3.14. The van der Waals surface area contributed by atoms with E-state index in [9.17, 15) is 13.6 Å². The maximum absolute atomic E-state index is 11.9. The van der Waals surface area contributed by atoms with Crippen molar-refractivity contribution < 1.29 is 18.7 Å². The summed E-state index contributed by atoms with van der Waals surface area (Å²) < 4.78 is 23.9. The topological polar surface area (TPSA) is 40.5 Å². The largest absolute Gasteiger partial charge is 0.396 e. The predicted octanol–water partition coefficient (Wildman–Crippen LogP) is 3.78. The lowest BCUT2D eigenvalue weighted by Crippen LogP contribution is -2.25. The van der Waals surface area contributed by atoms with Crippen LogP contribution in [0.4, 0.5) is 14.5 Å². The van der Waals surface area contributed by atoms with E-state index in [1.54, 1.807) is 11.9 Å². The third-order valence-corrected chi connectivity index (χ3v) is 3.14. The fourth-order valence-corrected chi connectivity index (χ4v) is 1.79. The van der Waals surface area contributed by atoms with Crippen LogP contribution in [-0.4, -0.2) is 24.7 Å². The number of anilines is 1. The number of para-hydroxylation sites is 1. The molecule has 23 heavy (non-hydrogen) atoms. The molecule has 5 heteroatoms. The second-order valence-electron chi connectivity index (χ2n) is 4.88. The molecule has 0 bridgehead atoms. The van der Waals surface area contributed by atoms with E-state index in [-0.39, 0.29) is 12.5 Å². The second-order valence-corrected chi connectivity index (χ2v) is 4.88. The molecule has 0 spiro atoms. The summed E-state index contributed by atoms with van der Waals surface area (Å²) in [4.78, 5) is 13.3. The van der Waals surface area contributed by atoms with E-state index in [4.69, 9.17) is 5.11 Å². The number of benzene rings is 2. The first-order chi connectivity index (χ1) is 11.1. The molecule has 2 aromatic rings. The summed E-state index contributed by atoms with van der Waals surface area (Å²) in [5, 5.41) is 8.61. The normalized spacial score (nSPS) is 9.74. The summed E-state index contributed by atoms with van der Waals surface area (Å²) in [5.74, 6) is -1.50. The SMILES string of the molecule is CN(C(=O)CCCCO)c1ccccc1.Fc1ccccc1F. The lowest BCUT2D eigenvalue weighted by molar-refractivity contribution is -0.118. The van der Waals surface area contributed by atoms with E-state index in [2.05, 4.69) is 0 Å². The van der Waals surface area contributed by atoms with Crippen molar-refractivity contribution in [2.45, 2.75) is 19.3 Å². The number of unbranched alkanes of at least 4 members (excludes halogenated alkanes) is 1. The first-order valence-electron chi connectivity index (χ1n) is 7.38. The zero-order chi connectivity index (χ0) is 17.1. The van der Waals surface area contributed by atoms with Gasteiger partial charge in [-0.25, -0.2) is 8.78 Å². The molecule has 1 N–H and O–H groups in total. The van der Waals surface area contributed by atoms with Crippen LogP contribution in [-0.2, 0) is 4.79 Å². The van der Waals surface area contributed by atoms with Crippen LogP contribution in [0.5, 0.6) is 0 Å². The van der Waals surface area contributed by atoms with Gasteiger partial charge in [0, 0.05) is 25.8 Å². The summed E-state index contributed by atoms with van der Waals surface area (Å²) >= 11 is 0. The molecular weight excluding hydrogens is 300 g/mol. The quantitative estimate of drug-likeness (QED) is 0.852. The van der Waals surface area contributed by atoms with Crippen LogP contribution in [0.15, 0.2) is 54.6 Å². The minimum Gasteiger partial charge on any atom is -0.396 e. The van der Waals surface area contributed by atoms with Crippen molar-refractivity contribution in [1.29, 1.82) is 0 Å². The van der Waals surface area contributed by atoms with Crippen LogP contribution < -0.4 is 4.90 Å². The van der Waals surface area contributed by atoms with Gasteiger partial charge in [0.2, 0.25) is 5.91 Å². The van der Waals surface area contributed by atoms with E-state index < -0.39 is 11.6 Å². The number of hydrogen-bond donors (Lipinski definition) is 1. The fraction of sp³-hybridized carbons (Fsp3) is 0.278. The van der Waals surface area contributed by atoms with Gasteiger partial charge < -0.3 is 10.0 Å². The van der Waals surface area contributed by atoms with Crippen molar-refractivity contribution in [2.24, 2.45) is 0 Å². The number of aliphatic hydroxyl groups is 1. The molecule has 1 amide bonds. The van der Waals surface area contributed by atoms with Crippen molar-refractivity contribution in [3.8, 4) is 0 Å². The van der Waals surface area contributed by atoms with Gasteiger partial charge in [-0.2, -0.15) is 0 Å². The van der Waals surface area contributed by atoms with E-state index in [1.807, 2.05) is 30.3 Å². The summed E-state index contributed by atoms with van der Waals surface area (Å²) in [6, 6.07) is 14.6. The highest BCUT2D eigenvalue weighted by Gasteiger charge is 2.09. The van der Waals surface area contributed by atoms with Gasteiger partial charge in [-0.1, -0.05) is 30.3 Å². The van der Waals surface area contributed by atoms with Crippen molar-refractivity contribution >= 4 is 11.6 Å². The summed E-state index contributed by atoms with van der Waals surface area (Å²) in [5.41, 5.74) is 0.909. The van der Waals surface area contributed by atoms with E-state index in [0.29, 0.717) is 12.8 Å². The van der Waals surface area contributed by atoms with Gasteiger partial charge in [0.15, 0.2) is 11.6 Å². The van der Waals surface area contributed by atoms with Crippen LogP contribution in [0.3, 0.4) is 0 Å². The van der Waals surface area contributed by atoms with Gasteiger partial charge in [0.05, 0.1) is 0 Å². The number of rotatable bonds is 5. The molecular formula is C18H21F2NO2.